The number of amides is 3. The summed E-state index contributed by atoms with van der Waals surface area (Å²) in [5.41, 5.74) is 2.61. The summed E-state index contributed by atoms with van der Waals surface area (Å²) in [7, 11) is 1.57. The molecular weight excluding hydrogens is 586 g/mol. The quantitative estimate of drug-likeness (QED) is 0.206. The number of benzene rings is 3. The lowest BCUT2D eigenvalue weighted by atomic mass is 9.82. The molecule has 0 radical (unpaired) electrons. The minimum atomic E-state index is -1.01. The zero-order valence-corrected chi connectivity index (χ0v) is 26.0. The van der Waals surface area contributed by atoms with Crippen LogP contribution in [0.25, 0.3) is 0 Å². The summed E-state index contributed by atoms with van der Waals surface area (Å²) >= 11 is 0. The zero-order chi connectivity index (χ0) is 32.7. The van der Waals surface area contributed by atoms with E-state index in [9.17, 15) is 19.2 Å². The maximum atomic E-state index is 14.1. The second-order valence-corrected chi connectivity index (χ2v) is 11.4. The predicted octanol–water partition coefficient (Wildman–Crippen LogP) is 3.10. The molecule has 5 rings (SSSR count). The van der Waals surface area contributed by atoms with E-state index in [0.29, 0.717) is 17.0 Å². The average molecular weight is 624 g/mol. The minimum Gasteiger partial charge on any atom is -0.497 e. The summed E-state index contributed by atoms with van der Waals surface area (Å²) in [4.78, 5) is 61.8. The first-order valence-electron chi connectivity index (χ1n) is 15.0. The zero-order valence-electron chi connectivity index (χ0n) is 26.0. The van der Waals surface area contributed by atoms with Gasteiger partial charge in [-0.3, -0.25) is 19.2 Å². The molecule has 2 unspecified atom stereocenters. The number of carbonyl (C=O) groups excluding carboxylic acids is 4. The van der Waals surface area contributed by atoms with Crippen molar-refractivity contribution in [3.63, 3.8) is 0 Å². The molecule has 3 aromatic carbocycles. The number of nitrogens with one attached hydrogen (secondary N) is 3. The van der Waals surface area contributed by atoms with Crippen molar-refractivity contribution in [2.24, 2.45) is 0 Å². The van der Waals surface area contributed by atoms with Crippen molar-refractivity contribution in [3.8, 4) is 5.75 Å². The number of esters is 1. The Balaban J connectivity index is 1.39. The van der Waals surface area contributed by atoms with E-state index in [-0.39, 0.29) is 31.8 Å². The first kappa shape index (κ1) is 32.0. The number of aromatic nitrogens is 2. The van der Waals surface area contributed by atoms with Crippen molar-refractivity contribution >= 4 is 23.7 Å². The molecule has 11 heteroatoms. The summed E-state index contributed by atoms with van der Waals surface area (Å²) in [6, 6.07) is 21.4. The van der Waals surface area contributed by atoms with E-state index in [2.05, 4.69) is 20.6 Å². The van der Waals surface area contributed by atoms with Crippen LogP contribution in [0.1, 0.15) is 39.7 Å². The largest absolute Gasteiger partial charge is 0.497 e. The summed E-state index contributed by atoms with van der Waals surface area (Å²) in [5.74, 6) is -1.09. The molecule has 1 saturated heterocycles. The van der Waals surface area contributed by atoms with Gasteiger partial charge in [0.2, 0.25) is 11.8 Å². The van der Waals surface area contributed by atoms with Crippen molar-refractivity contribution in [2.75, 3.05) is 20.2 Å². The van der Waals surface area contributed by atoms with Crippen molar-refractivity contribution in [1.82, 2.24) is 25.5 Å². The van der Waals surface area contributed by atoms with Gasteiger partial charge in [-0.25, -0.2) is 4.98 Å². The third-order valence-corrected chi connectivity index (χ3v) is 8.03. The lowest BCUT2D eigenvalue weighted by molar-refractivity contribution is -0.187. The third kappa shape index (κ3) is 7.43. The second-order valence-electron chi connectivity index (χ2n) is 11.4. The van der Waals surface area contributed by atoms with Crippen LogP contribution in [-0.4, -0.2) is 70.8 Å². The molecule has 3 amide bonds. The molecular formula is C35H37N5O6. The van der Waals surface area contributed by atoms with Crippen molar-refractivity contribution in [3.05, 3.63) is 119 Å². The molecule has 1 aliphatic rings. The number of rotatable bonds is 12. The Morgan fingerprint density at radius 1 is 0.913 bits per heavy atom. The monoisotopic (exact) mass is 623 g/mol. The maximum absolute atomic E-state index is 14.1. The number of aryl methyl sites for hydroxylation is 1. The molecule has 1 aromatic heterocycles. The van der Waals surface area contributed by atoms with E-state index in [1.54, 1.807) is 60.7 Å². The minimum absolute atomic E-state index is 0.125. The molecule has 4 aromatic rings. The third-order valence-electron chi connectivity index (χ3n) is 8.03. The number of hydrogen-bond donors (Lipinski definition) is 3. The number of H-pyrrole nitrogens is 1. The molecule has 0 bridgehead atoms. The Morgan fingerprint density at radius 3 is 2.24 bits per heavy atom. The Kier molecular flexibility index (Phi) is 9.80. The van der Waals surface area contributed by atoms with Crippen molar-refractivity contribution in [2.45, 2.75) is 44.4 Å². The van der Waals surface area contributed by atoms with Crippen LogP contribution >= 0.6 is 0 Å². The predicted molar refractivity (Wildman–Crippen MR) is 170 cm³/mol. The van der Waals surface area contributed by atoms with Gasteiger partial charge < -0.3 is 30.0 Å². The van der Waals surface area contributed by atoms with Gasteiger partial charge in [0.25, 0.3) is 5.91 Å². The highest BCUT2D eigenvalue weighted by atomic mass is 16.6. The molecule has 11 nitrogen and oxygen atoms in total. The lowest BCUT2D eigenvalue weighted by Gasteiger charge is -2.50. The topological polar surface area (TPSA) is 143 Å². The van der Waals surface area contributed by atoms with Crippen LogP contribution in [0.15, 0.2) is 91.4 Å². The average Bonchev–Trinajstić information content (AvgIpc) is 3.56. The highest BCUT2D eigenvalue weighted by Crippen LogP contribution is 2.38. The van der Waals surface area contributed by atoms with E-state index in [1.165, 1.54) is 13.3 Å². The Labute approximate surface area is 267 Å². The molecule has 0 saturated carbocycles. The van der Waals surface area contributed by atoms with Gasteiger partial charge in [0.1, 0.15) is 17.8 Å². The van der Waals surface area contributed by atoms with Crippen LogP contribution in [0, 0.1) is 6.92 Å². The number of carbonyl (C=O) groups is 4. The lowest BCUT2D eigenvalue weighted by Crippen LogP contribution is -2.67. The SMILES string of the molecule is COc1ccc(CC(NC(=O)C(Cc2cnc[nH]2)NC(=O)c2ccccc2)C(=O)N2CC(OC(C)=O)(c3ccccc3C)C2)cc1. The van der Waals surface area contributed by atoms with E-state index in [4.69, 9.17) is 9.47 Å². The van der Waals surface area contributed by atoms with Gasteiger partial charge in [-0.05, 0) is 42.3 Å². The summed E-state index contributed by atoms with van der Waals surface area (Å²) in [5, 5.41) is 5.73. The fourth-order valence-electron chi connectivity index (χ4n) is 5.72. The smallest absolute Gasteiger partial charge is 0.303 e. The molecule has 2 heterocycles. The maximum Gasteiger partial charge on any atom is 0.303 e. The number of hydrogen-bond acceptors (Lipinski definition) is 7. The second kappa shape index (κ2) is 14.1. The standard InChI is InChI=1S/C35H37N5O6/c1-23-9-7-8-12-29(23)35(46-24(2)41)20-40(21-35)34(44)31(17-25-13-15-28(45-3)16-14-25)39-33(43)30(18-27-19-36-22-37-27)38-32(42)26-10-5-4-6-11-26/h4-16,19,22,30-31H,17-18,20-21H2,1-3H3,(H,36,37)(H,38,42)(H,39,43). The molecule has 0 spiro atoms. The number of methoxy groups -OCH3 is 1. The van der Waals surface area contributed by atoms with Crippen molar-refractivity contribution in [1.29, 1.82) is 0 Å². The Morgan fingerprint density at radius 2 is 1.61 bits per heavy atom. The van der Waals surface area contributed by atoms with Gasteiger partial charge in [-0.1, -0.05) is 54.6 Å². The van der Waals surface area contributed by atoms with Crippen LogP contribution in [0.5, 0.6) is 5.75 Å². The summed E-state index contributed by atoms with van der Waals surface area (Å²) < 4.78 is 11.1. The van der Waals surface area contributed by atoms with E-state index in [1.807, 2.05) is 43.3 Å². The fourth-order valence-corrected chi connectivity index (χ4v) is 5.72. The molecule has 238 valence electrons. The van der Waals surface area contributed by atoms with Gasteiger partial charge >= 0.3 is 5.97 Å². The number of imidazole rings is 1. The first-order chi connectivity index (χ1) is 22.2. The van der Waals surface area contributed by atoms with Crippen LogP contribution in [0.4, 0.5) is 0 Å². The van der Waals surface area contributed by atoms with Crippen LogP contribution in [0.3, 0.4) is 0 Å². The Hall–Kier alpha value is -5.45. The van der Waals surface area contributed by atoms with Gasteiger partial charge in [0.15, 0.2) is 5.60 Å². The van der Waals surface area contributed by atoms with Gasteiger partial charge in [0, 0.05) is 42.8 Å². The number of ether oxygens (including phenoxy) is 2. The molecule has 46 heavy (non-hydrogen) atoms. The van der Waals surface area contributed by atoms with Crippen LogP contribution < -0.4 is 15.4 Å². The van der Waals surface area contributed by atoms with Gasteiger partial charge in [-0.15, -0.1) is 0 Å². The van der Waals surface area contributed by atoms with Crippen molar-refractivity contribution < 1.29 is 28.7 Å². The molecule has 1 fully saturated rings. The summed E-state index contributed by atoms with van der Waals surface area (Å²) in [6.45, 7) is 3.54. The van der Waals surface area contributed by atoms with Crippen LogP contribution in [0.2, 0.25) is 0 Å². The van der Waals surface area contributed by atoms with Gasteiger partial charge in [-0.2, -0.15) is 0 Å². The fraction of sp³-hybridized carbons (Fsp3) is 0.286. The van der Waals surface area contributed by atoms with E-state index < -0.39 is 35.5 Å². The highest BCUT2D eigenvalue weighted by molar-refractivity contribution is 5.98. The molecule has 3 N–H and O–H groups in total. The highest BCUT2D eigenvalue weighted by Gasteiger charge is 2.51. The number of aromatic amines is 1. The molecule has 1 aliphatic heterocycles. The number of nitrogens with zero attached hydrogens (tertiary/aromatic N) is 2. The van der Waals surface area contributed by atoms with E-state index in [0.717, 1.165) is 16.7 Å². The molecule has 2 atom stereocenters. The number of likely N-dealkylation sites (tertiary alicyclic amines) is 1. The summed E-state index contributed by atoms with van der Waals surface area (Å²) in [6.07, 6.45) is 3.38. The first-order valence-corrected chi connectivity index (χ1v) is 15.0. The normalized spacial score (nSPS) is 14.7. The van der Waals surface area contributed by atoms with E-state index >= 15 is 0 Å². The van der Waals surface area contributed by atoms with Gasteiger partial charge in [0.05, 0.1) is 26.5 Å². The van der Waals surface area contributed by atoms with Crippen LogP contribution in [-0.2, 0) is 37.6 Å². The Bertz CT molecular complexity index is 1670. The molecule has 0 aliphatic carbocycles.